The highest BCUT2D eigenvalue weighted by atomic mass is 16.4. The van der Waals surface area contributed by atoms with Crippen LogP contribution in [-0.4, -0.2) is 28.8 Å². The lowest BCUT2D eigenvalue weighted by molar-refractivity contribution is 0.113. The first-order valence-electron chi connectivity index (χ1n) is 3.07. The van der Waals surface area contributed by atoms with Crippen LogP contribution in [0.2, 0.25) is 0 Å². The monoisotopic (exact) mass is 146 g/mol. The van der Waals surface area contributed by atoms with Gasteiger partial charge in [0.15, 0.2) is 0 Å². The lowest BCUT2D eigenvalue weighted by Gasteiger charge is -2.26. The molecule has 0 aromatic rings. The molecule has 0 bridgehead atoms. The van der Waals surface area contributed by atoms with Crippen LogP contribution in [0.25, 0.3) is 0 Å². The maximum atomic E-state index is 10.2. The predicted molar refractivity (Wildman–Crippen MR) is 38.7 cm³/mol. The third-order valence-corrected chi connectivity index (χ3v) is 0.790. The standard InChI is InChI=1S/C6H14N2O2/c1-6(2,3)7-8(4)5(9)10/h7H,1-4H3,(H,9,10). The second-order valence-electron chi connectivity index (χ2n) is 3.20. The number of amides is 1. The molecule has 0 radical (unpaired) electrons. The molecule has 0 saturated heterocycles. The first-order chi connectivity index (χ1) is 4.33. The molecule has 4 heteroatoms. The average molecular weight is 146 g/mol. The van der Waals surface area contributed by atoms with Crippen molar-refractivity contribution < 1.29 is 9.90 Å². The molecule has 0 spiro atoms. The SMILES string of the molecule is CN(NC(C)(C)C)C(=O)O. The quantitative estimate of drug-likeness (QED) is 0.540. The summed E-state index contributed by atoms with van der Waals surface area (Å²) in [4.78, 5) is 10.2. The molecule has 60 valence electrons. The van der Waals surface area contributed by atoms with Crippen molar-refractivity contribution in [1.82, 2.24) is 10.4 Å². The summed E-state index contributed by atoms with van der Waals surface area (Å²) in [5.74, 6) is 0. The minimum Gasteiger partial charge on any atom is -0.464 e. The Hall–Kier alpha value is -0.770. The maximum absolute atomic E-state index is 10.2. The van der Waals surface area contributed by atoms with Crippen LogP contribution in [0.1, 0.15) is 20.8 Å². The number of hydrogen-bond acceptors (Lipinski definition) is 2. The van der Waals surface area contributed by atoms with Crippen molar-refractivity contribution >= 4 is 6.09 Å². The highest BCUT2D eigenvalue weighted by molar-refractivity contribution is 5.63. The largest absolute Gasteiger partial charge is 0.464 e. The van der Waals surface area contributed by atoms with Gasteiger partial charge in [0.1, 0.15) is 0 Å². The highest BCUT2D eigenvalue weighted by Gasteiger charge is 2.14. The Kier molecular flexibility index (Phi) is 2.65. The van der Waals surface area contributed by atoms with Crippen molar-refractivity contribution in [3.05, 3.63) is 0 Å². The van der Waals surface area contributed by atoms with E-state index in [4.69, 9.17) is 5.11 Å². The van der Waals surface area contributed by atoms with E-state index >= 15 is 0 Å². The Morgan fingerprint density at radius 2 is 1.90 bits per heavy atom. The van der Waals surface area contributed by atoms with Gasteiger partial charge in [-0.1, -0.05) is 0 Å². The van der Waals surface area contributed by atoms with Gasteiger partial charge in [0, 0.05) is 12.6 Å². The Morgan fingerprint density at radius 1 is 1.50 bits per heavy atom. The van der Waals surface area contributed by atoms with Gasteiger partial charge >= 0.3 is 6.09 Å². The summed E-state index contributed by atoms with van der Waals surface area (Å²) in [7, 11) is 1.47. The molecule has 0 aliphatic carbocycles. The molecule has 0 unspecified atom stereocenters. The van der Waals surface area contributed by atoms with Gasteiger partial charge in [0.05, 0.1) is 0 Å². The van der Waals surface area contributed by atoms with Gasteiger partial charge in [-0.3, -0.25) is 0 Å². The molecule has 0 aromatic carbocycles. The molecule has 2 N–H and O–H groups in total. The second-order valence-corrected chi connectivity index (χ2v) is 3.20. The zero-order valence-corrected chi connectivity index (χ0v) is 6.80. The molecule has 0 rings (SSSR count). The number of nitrogens with zero attached hydrogens (tertiary/aromatic N) is 1. The lowest BCUT2D eigenvalue weighted by Crippen LogP contribution is -2.49. The zero-order valence-electron chi connectivity index (χ0n) is 6.80. The van der Waals surface area contributed by atoms with Gasteiger partial charge in [-0.15, -0.1) is 0 Å². The van der Waals surface area contributed by atoms with Crippen molar-refractivity contribution in [3.8, 4) is 0 Å². The van der Waals surface area contributed by atoms with Crippen LogP contribution >= 0.6 is 0 Å². The fourth-order valence-corrected chi connectivity index (χ4v) is 0.551. The highest BCUT2D eigenvalue weighted by Crippen LogP contribution is 1.98. The minimum atomic E-state index is -0.977. The number of hydrogen-bond donors (Lipinski definition) is 2. The van der Waals surface area contributed by atoms with E-state index in [1.54, 1.807) is 0 Å². The third kappa shape index (κ3) is 4.14. The van der Waals surface area contributed by atoms with E-state index in [2.05, 4.69) is 5.43 Å². The van der Waals surface area contributed by atoms with E-state index in [1.807, 2.05) is 20.8 Å². The van der Waals surface area contributed by atoms with E-state index in [0.29, 0.717) is 0 Å². The fraction of sp³-hybridized carbons (Fsp3) is 0.833. The van der Waals surface area contributed by atoms with Crippen LogP contribution in [0.15, 0.2) is 0 Å². The molecule has 0 aromatic heterocycles. The van der Waals surface area contributed by atoms with Crippen molar-refractivity contribution in [2.45, 2.75) is 26.3 Å². The number of rotatable bonds is 1. The number of hydrazine groups is 1. The van der Waals surface area contributed by atoms with Gasteiger partial charge in [-0.25, -0.2) is 15.2 Å². The molecule has 0 atom stereocenters. The predicted octanol–water partition coefficient (Wildman–Crippen LogP) is 0.899. The number of carbonyl (C=O) groups is 1. The summed E-state index contributed by atoms with van der Waals surface area (Å²) in [5, 5.41) is 9.45. The number of nitrogens with one attached hydrogen (secondary N) is 1. The molecule has 0 heterocycles. The molecule has 4 nitrogen and oxygen atoms in total. The Balaban J connectivity index is 3.80. The zero-order chi connectivity index (χ0) is 8.36. The van der Waals surface area contributed by atoms with Crippen molar-refractivity contribution in [2.24, 2.45) is 0 Å². The maximum Gasteiger partial charge on any atom is 0.421 e. The number of carboxylic acid groups (broad SMARTS) is 1. The Labute approximate surface area is 60.8 Å². The van der Waals surface area contributed by atoms with E-state index in [0.717, 1.165) is 5.01 Å². The Morgan fingerprint density at radius 3 is 2.00 bits per heavy atom. The topological polar surface area (TPSA) is 52.6 Å². The smallest absolute Gasteiger partial charge is 0.421 e. The summed E-state index contributed by atoms with van der Waals surface area (Å²) in [5.41, 5.74) is 2.55. The van der Waals surface area contributed by atoms with Crippen LogP contribution in [0, 0.1) is 0 Å². The molecular formula is C6H14N2O2. The molecule has 0 saturated carbocycles. The minimum absolute atomic E-state index is 0.201. The van der Waals surface area contributed by atoms with Gasteiger partial charge < -0.3 is 5.11 Å². The molecule has 0 fully saturated rings. The Bertz CT molecular complexity index is 128. The van der Waals surface area contributed by atoms with Crippen molar-refractivity contribution in [2.75, 3.05) is 7.05 Å². The van der Waals surface area contributed by atoms with Crippen LogP contribution in [0.4, 0.5) is 4.79 Å². The van der Waals surface area contributed by atoms with Gasteiger partial charge in [-0.05, 0) is 20.8 Å². The first kappa shape index (κ1) is 9.23. The first-order valence-corrected chi connectivity index (χ1v) is 3.07. The van der Waals surface area contributed by atoms with Crippen molar-refractivity contribution in [1.29, 1.82) is 0 Å². The summed E-state index contributed by atoms with van der Waals surface area (Å²) in [6, 6.07) is 0. The summed E-state index contributed by atoms with van der Waals surface area (Å²) in [6.45, 7) is 5.69. The van der Waals surface area contributed by atoms with Gasteiger partial charge in [-0.2, -0.15) is 0 Å². The molecule has 0 aliphatic heterocycles. The molecule has 10 heavy (non-hydrogen) atoms. The fourth-order valence-electron chi connectivity index (χ4n) is 0.551. The summed E-state index contributed by atoms with van der Waals surface area (Å²) < 4.78 is 0. The average Bonchev–Trinajstić information content (AvgIpc) is 1.60. The second kappa shape index (κ2) is 2.88. The third-order valence-electron chi connectivity index (χ3n) is 0.790. The summed E-state index contributed by atoms with van der Waals surface area (Å²) in [6.07, 6.45) is -0.977. The van der Waals surface area contributed by atoms with Crippen LogP contribution < -0.4 is 5.43 Å². The van der Waals surface area contributed by atoms with E-state index in [-0.39, 0.29) is 5.54 Å². The van der Waals surface area contributed by atoms with E-state index in [1.165, 1.54) is 7.05 Å². The normalized spacial score (nSPS) is 11.2. The lowest BCUT2D eigenvalue weighted by atomic mass is 10.1. The summed E-state index contributed by atoms with van der Waals surface area (Å²) >= 11 is 0. The van der Waals surface area contributed by atoms with Crippen LogP contribution in [-0.2, 0) is 0 Å². The van der Waals surface area contributed by atoms with Gasteiger partial charge in [0.2, 0.25) is 0 Å². The van der Waals surface area contributed by atoms with E-state index in [9.17, 15) is 4.79 Å². The molecule has 0 aliphatic rings. The van der Waals surface area contributed by atoms with E-state index < -0.39 is 6.09 Å². The molecular weight excluding hydrogens is 132 g/mol. The van der Waals surface area contributed by atoms with Crippen LogP contribution in [0.3, 0.4) is 0 Å². The molecule has 1 amide bonds. The van der Waals surface area contributed by atoms with Gasteiger partial charge in [0.25, 0.3) is 0 Å². The van der Waals surface area contributed by atoms with Crippen molar-refractivity contribution in [3.63, 3.8) is 0 Å². The van der Waals surface area contributed by atoms with Crippen LogP contribution in [0.5, 0.6) is 0 Å².